The molecule has 0 aliphatic rings. The molecule has 1 atom stereocenters. The van der Waals surface area contributed by atoms with E-state index >= 15 is 0 Å². The van der Waals surface area contributed by atoms with E-state index in [4.69, 9.17) is 4.74 Å². The number of benzene rings is 2. The molecule has 4 nitrogen and oxygen atoms in total. The number of carbonyl (C=O) groups excluding carboxylic acids is 1. The monoisotopic (exact) mass is 348 g/mol. The molecule has 25 heavy (non-hydrogen) atoms. The average molecular weight is 348 g/mol. The molecular weight excluding hydrogens is 326 g/mol. The summed E-state index contributed by atoms with van der Waals surface area (Å²) in [7, 11) is 0. The number of ether oxygens (including phenoxy) is 1. The van der Waals surface area contributed by atoms with Gasteiger partial charge in [0.05, 0.1) is 0 Å². The van der Waals surface area contributed by atoms with Crippen LogP contribution in [0.5, 0.6) is 5.75 Å². The van der Waals surface area contributed by atoms with Crippen LogP contribution in [-0.4, -0.2) is 19.1 Å². The van der Waals surface area contributed by atoms with E-state index in [9.17, 15) is 13.6 Å². The first-order valence-corrected chi connectivity index (χ1v) is 8.16. The fourth-order valence-electron chi connectivity index (χ4n) is 2.33. The van der Waals surface area contributed by atoms with Crippen molar-refractivity contribution in [2.75, 3.05) is 13.2 Å². The highest BCUT2D eigenvalue weighted by Gasteiger charge is 2.11. The lowest BCUT2D eigenvalue weighted by Crippen LogP contribution is -2.28. The van der Waals surface area contributed by atoms with Crippen molar-refractivity contribution < 1.29 is 18.3 Å². The summed E-state index contributed by atoms with van der Waals surface area (Å²) in [5.41, 5.74) is 1.41. The lowest BCUT2D eigenvalue weighted by Gasteiger charge is -2.15. The number of hydrogen-bond donors (Lipinski definition) is 2. The van der Waals surface area contributed by atoms with Crippen molar-refractivity contribution >= 4 is 5.91 Å². The molecule has 0 saturated carbocycles. The Morgan fingerprint density at radius 1 is 1.16 bits per heavy atom. The van der Waals surface area contributed by atoms with Gasteiger partial charge in [-0.15, -0.1) is 0 Å². The summed E-state index contributed by atoms with van der Waals surface area (Å²) in [4.78, 5) is 11.3. The second-order valence-corrected chi connectivity index (χ2v) is 5.65. The zero-order chi connectivity index (χ0) is 18.2. The van der Waals surface area contributed by atoms with Gasteiger partial charge in [0.25, 0.3) is 5.91 Å². The third kappa shape index (κ3) is 5.83. The first-order chi connectivity index (χ1) is 12.0. The molecule has 1 amide bonds. The van der Waals surface area contributed by atoms with Crippen molar-refractivity contribution in [2.24, 2.45) is 0 Å². The minimum Gasteiger partial charge on any atom is -0.484 e. The lowest BCUT2D eigenvalue weighted by atomic mass is 10.1. The Balaban J connectivity index is 1.85. The highest BCUT2D eigenvalue weighted by molar-refractivity contribution is 5.77. The van der Waals surface area contributed by atoms with Crippen LogP contribution in [0.15, 0.2) is 42.5 Å². The van der Waals surface area contributed by atoms with Crippen LogP contribution in [0.25, 0.3) is 0 Å². The zero-order valence-electron chi connectivity index (χ0n) is 14.3. The third-order valence-electron chi connectivity index (χ3n) is 3.71. The van der Waals surface area contributed by atoms with Gasteiger partial charge in [0.15, 0.2) is 6.61 Å². The molecule has 2 aromatic carbocycles. The van der Waals surface area contributed by atoms with Gasteiger partial charge in [-0.05, 0) is 37.6 Å². The first-order valence-electron chi connectivity index (χ1n) is 8.16. The summed E-state index contributed by atoms with van der Waals surface area (Å²) < 4.78 is 32.1. The first kappa shape index (κ1) is 18.9. The van der Waals surface area contributed by atoms with Crippen LogP contribution in [0, 0.1) is 11.6 Å². The lowest BCUT2D eigenvalue weighted by molar-refractivity contribution is -0.122. The van der Waals surface area contributed by atoms with Crippen LogP contribution in [0.2, 0.25) is 0 Å². The van der Waals surface area contributed by atoms with Crippen molar-refractivity contribution in [3.8, 4) is 5.75 Å². The maximum absolute atomic E-state index is 13.8. The Morgan fingerprint density at radius 2 is 1.88 bits per heavy atom. The summed E-state index contributed by atoms with van der Waals surface area (Å²) in [5.74, 6) is -0.707. The maximum atomic E-state index is 13.8. The van der Waals surface area contributed by atoms with E-state index in [1.165, 1.54) is 12.1 Å². The van der Waals surface area contributed by atoms with Crippen molar-refractivity contribution in [1.82, 2.24) is 10.6 Å². The maximum Gasteiger partial charge on any atom is 0.257 e. The molecule has 0 unspecified atom stereocenters. The van der Waals surface area contributed by atoms with Gasteiger partial charge in [-0.25, -0.2) is 8.78 Å². The Morgan fingerprint density at radius 3 is 2.52 bits per heavy atom. The molecule has 134 valence electrons. The number of likely N-dealkylation sites (N-methyl/N-ethyl adjacent to an activating group) is 1. The second-order valence-electron chi connectivity index (χ2n) is 5.65. The molecule has 0 saturated heterocycles. The number of halogens is 2. The molecule has 0 radical (unpaired) electrons. The van der Waals surface area contributed by atoms with E-state index in [1.807, 2.05) is 26.0 Å². The number of hydrogen-bond acceptors (Lipinski definition) is 3. The molecular formula is C19H22F2N2O2. The topological polar surface area (TPSA) is 50.4 Å². The van der Waals surface area contributed by atoms with E-state index in [-0.39, 0.29) is 18.6 Å². The minimum absolute atomic E-state index is 0.0215. The van der Waals surface area contributed by atoms with Crippen LogP contribution in [0.4, 0.5) is 8.78 Å². The van der Waals surface area contributed by atoms with Crippen LogP contribution in [0.1, 0.15) is 31.0 Å². The molecule has 6 heteroatoms. The van der Waals surface area contributed by atoms with E-state index in [0.717, 1.165) is 11.6 Å². The van der Waals surface area contributed by atoms with Gasteiger partial charge in [0, 0.05) is 30.8 Å². The predicted octanol–water partition coefficient (Wildman–Crippen LogP) is 3.33. The number of nitrogens with one attached hydrogen (secondary N) is 2. The van der Waals surface area contributed by atoms with E-state index in [1.54, 1.807) is 12.1 Å². The molecule has 0 bridgehead atoms. The number of amides is 1. The summed E-state index contributed by atoms with van der Waals surface area (Å²) in [6.45, 7) is 4.74. The van der Waals surface area contributed by atoms with Crippen LogP contribution >= 0.6 is 0 Å². The molecule has 2 N–H and O–H groups in total. The van der Waals surface area contributed by atoms with Gasteiger partial charge >= 0.3 is 0 Å². The van der Waals surface area contributed by atoms with Gasteiger partial charge in [-0.3, -0.25) is 4.79 Å². The highest BCUT2D eigenvalue weighted by atomic mass is 19.1. The largest absolute Gasteiger partial charge is 0.484 e. The SMILES string of the molecule is CCNC(=O)COc1ccc(CN[C@H](C)c2ccc(F)cc2F)cc1. The molecule has 0 aliphatic carbocycles. The molecule has 0 aliphatic heterocycles. The smallest absolute Gasteiger partial charge is 0.257 e. The van der Waals surface area contributed by atoms with Crippen molar-refractivity contribution in [1.29, 1.82) is 0 Å². The van der Waals surface area contributed by atoms with Crippen LogP contribution < -0.4 is 15.4 Å². The molecule has 0 fully saturated rings. The number of carbonyl (C=O) groups is 1. The van der Waals surface area contributed by atoms with Crippen molar-refractivity contribution in [3.63, 3.8) is 0 Å². The Bertz CT molecular complexity index is 705. The molecule has 0 heterocycles. The minimum atomic E-state index is -0.586. The normalized spacial score (nSPS) is 11.8. The van der Waals surface area contributed by atoms with Gasteiger partial charge in [-0.2, -0.15) is 0 Å². The van der Waals surface area contributed by atoms with Gasteiger partial charge < -0.3 is 15.4 Å². The van der Waals surface area contributed by atoms with Crippen molar-refractivity contribution in [3.05, 3.63) is 65.2 Å². The van der Waals surface area contributed by atoms with E-state index in [2.05, 4.69) is 10.6 Å². The number of rotatable bonds is 8. The van der Waals surface area contributed by atoms with Crippen LogP contribution in [0.3, 0.4) is 0 Å². The van der Waals surface area contributed by atoms with Crippen LogP contribution in [-0.2, 0) is 11.3 Å². The van der Waals surface area contributed by atoms with Gasteiger partial charge in [0.2, 0.25) is 0 Å². The highest BCUT2D eigenvalue weighted by Crippen LogP contribution is 2.19. The second kappa shape index (κ2) is 9.13. The summed E-state index contributed by atoms with van der Waals surface area (Å²) in [6.07, 6.45) is 0. The van der Waals surface area contributed by atoms with E-state index in [0.29, 0.717) is 24.4 Å². The third-order valence-corrected chi connectivity index (χ3v) is 3.71. The average Bonchev–Trinajstić information content (AvgIpc) is 2.59. The Kier molecular flexibility index (Phi) is 6.89. The summed E-state index contributed by atoms with van der Waals surface area (Å²) in [6, 6.07) is 10.6. The quantitative estimate of drug-likeness (QED) is 0.769. The fraction of sp³-hybridized carbons (Fsp3) is 0.316. The van der Waals surface area contributed by atoms with E-state index < -0.39 is 11.6 Å². The fourth-order valence-corrected chi connectivity index (χ4v) is 2.33. The molecule has 0 spiro atoms. The standard InChI is InChI=1S/C19H22F2N2O2/c1-3-22-19(24)12-25-16-7-4-14(5-8-16)11-23-13(2)17-9-6-15(20)10-18(17)21/h4-10,13,23H,3,11-12H2,1-2H3,(H,22,24)/t13-/m1/s1. The van der Waals surface area contributed by atoms with Gasteiger partial charge in [0.1, 0.15) is 17.4 Å². The van der Waals surface area contributed by atoms with Crippen molar-refractivity contribution in [2.45, 2.75) is 26.4 Å². The van der Waals surface area contributed by atoms with Gasteiger partial charge in [-0.1, -0.05) is 18.2 Å². The molecule has 2 rings (SSSR count). The Hall–Kier alpha value is -2.47. The Labute approximate surface area is 146 Å². The molecule has 2 aromatic rings. The summed E-state index contributed by atoms with van der Waals surface area (Å²) in [5, 5.41) is 5.85. The predicted molar refractivity (Wildman–Crippen MR) is 92.2 cm³/mol. The zero-order valence-corrected chi connectivity index (χ0v) is 14.3. The molecule has 0 aromatic heterocycles. The summed E-state index contributed by atoms with van der Waals surface area (Å²) >= 11 is 0.